The number of carbonyl (C=O) groups excluding carboxylic acids is 1. The van der Waals surface area contributed by atoms with E-state index in [4.69, 9.17) is 10.2 Å². The van der Waals surface area contributed by atoms with E-state index in [1.54, 1.807) is 42.6 Å². The van der Waals surface area contributed by atoms with Crippen molar-refractivity contribution in [1.82, 2.24) is 10.3 Å². The van der Waals surface area contributed by atoms with Gasteiger partial charge < -0.3 is 20.8 Å². The Balaban J connectivity index is 2.09. The lowest BCUT2D eigenvalue weighted by Crippen LogP contribution is -2.27. The molecule has 2 bridgehead atoms. The highest BCUT2D eigenvalue weighted by atomic mass is 16.4. The number of pyridine rings is 1. The summed E-state index contributed by atoms with van der Waals surface area (Å²) in [6.07, 6.45) is 3.00. The number of hydrogen-bond donors (Lipinski definition) is 5. The average Bonchev–Trinajstić information content (AvgIpc) is 2.63. The average molecular weight is 382 g/mol. The van der Waals surface area contributed by atoms with Crippen LogP contribution in [0.5, 0.6) is 0 Å². The third kappa shape index (κ3) is 4.64. The molecule has 9 nitrogen and oxygen atoms in total. The molecule has 1 aromatic heterocycles. The van der Waals surface area contributed by atoms with Crippen molar-refractivity contribution >= 4 is 29.5 Å². The molecule has 1 aliphatic heterocycles. The molecule has 1 atom stereocenters. The van der Waals surface area contributed by atoms with Crippen molar-refractivity contribution in [2.24, 2.45) is 0 Å². The molecule has 144 valence electrons. The van der Waals surface area contributed by atoms with Crippen molar-refractivity contribution in [1.29, 1.82) is 0 Å². The van der Waals surface area contributed by atoms with E-state index in [0.29, 0.717) is 34.6 Å². The van der Waals surface area contributed by atoms with Crippen LogP contribution >= 0.6 is 0 Å². The maximum atomic E-state index is 12.3. The summed E-state index contributed by atoms with van der Waals surface area (Å²) in [4.78, 5) is 38.6. The molecule has 0 radical (unpaired) electrons. The third-order valence-electron chi connectivity index (χ3n) is 4.13. The van der Waals surface area contributed by atoms with Crippen molar-refractivity contribution in [3.8, 4) is 11.1 Å². The van der Waals surface area contributed by atoms with Crippen LogP contribution in [0.1, 0.15) is 24.6 Å². The molecule has 28 heavy (non-hydrogen) atoms. The summed E-state index contributed by atoms with van der Waals surface area (Å²) in [5.41, 5.74) is 2.66. The Morgan fingerprint density at radius 1 is 1.11 bits per heavy atom. The predicted octanol–water partition coefficient (Wildman–Crippen LogP) is 3.44. The van der Waals surface area contributed by atoms with Crippen LogP contribution in [0.3, 0.4) is 0 Å². The second-order valence-electron chi connectivity index (χ2n) is 6.12. The number of fused-ring (bicyclic) bond motifs is 4. The van der Waals surface area contributed by atoms with Crippen LogP contribution in [0.2, 0.25) is 0 Å². The molecule has 2 aromatic rings. The summed E-state index contributed by atoms with van der Waals surface area (Å²) in [6, 6.07) is 7.71. The number of aromatic nitrogens is 1. The van der Waals surface area contributed by atoms with E-state index >= 15 is 0 Å². The zero-order valence-electron chi connectivity index (χ0n) is 14.7. The molecule has 0 spiro atoms. The fourth-order valence-corrected chi connectivity index (χ4v) is 2.93. The summed E-state index contributed by atoms with van der Waals surface area (Å²) < 4.78 is 0. The molecule has 0 aliphatic carbocycles. The highest BCUT2D eigenvalue weighted by molar-refractivity contribution is 5.98. The van der Waals surface area contributed by atoms with Crippen molar-refractivity contribution in [2.75, 3.05) is 10.6 Å². The van der Waals surface area contributed by atoms with E-state index in [2.05, 4.69) is 20.9 Å². The molecule has 3 amide bonds. The number of carbonyl (C=O) groups is 3. The first-order valence-electron chi connectivity index (χ1n) is 8.47. The van der Waals surface area contributed by atoms with E-state index in [0.717, 1.165) is 0 Å². The van der Waals surface area contributed by atoms with Crippen LogP contribution in [0.25, 0.3) is 11.1 Å². The van der Waals surface area contributed by atoms with Crippen molar-refractivity contribution < 1.29 is 24.6 Å². The molecule has 0 saturated carbocycles. The van der Waals surface area contributed by atoms with Gasteiger partial charge in [-0.1, -0.05) is 18.2 Å². The minimum Gasteiger partial charge on any atom is -0.465 e. The first kappa shape index (κ1) is 18.9. The van der Waals surface area contributed by atoms with Crippen LogP contribution < -0.4 is 16.0 Å². The number of anilines is 2. The van der Waals surface area contributed by atoms with Crippen molar-refractivity contribution in [2.45, 2.75) is 18.9 Å². The lowest BCUT2D eigenvalue weighted by molar-refractivity contribution is -0.115. The van der Waals surface area contributed by atoms with Gasteiger partial charge in [0.2, 0.25) is 5.91 Å². The Hall–Kier alpha value is -3.88. The van der Waals surface area contributed by atoms with Gasteiger partial charge in [-0.25, -0.2) is 9.59 Å². The predicted molar refractivity (Wildman–Crippen MR) is 102 cm³/mol. The standard InChI is InChI=1S/C19H18N4O5/c24-17-4-2-1-3-14(23-19(27)28)16-9-11(7-8-20-16)13-6-5-12(21-18(25)26)10-15(13)22-17/h1-2,5-10,14,21,23H,3-4H2,(H,22,24)(H,25,26)(H,27,28)/b2-1+/t14-/m0/s1. The molecule has 0 fully saturated rings. The fourth-order valence-electron chi connectivity index (χ4n) is 2.93. The lowest BCUT2D eigenvalue weighted by Gasteiger charge is -2.18. The number of benzene rings is 1. The minimum absolute atomic E-state index is 0.0944. The lowest BCUT2D eigenvalue weighted by atomic mass is 10.00. The number of nitrogens with zero attached hydrogens (tertiary/aromatic N) is 1. The van der Waals surface area contributed by atoms with Crippen LogP contribution in [0.15, 0.2) is 48.7 Å². The van der Waals surface area contributed by atoms with Gasteiger partial charge in [0.1, 0.15) is 0 Å². The highest BCUT2D eigenvalue weighted by Gasteiger charge is 2.17. The zero-order valence-corrected chi connectivity index (χ0v) is 14.7. The van der Waals surface area contributed by atoms with Crippen LogP contribution in [-0.2, 0) is 4.79 Å². The Morgan fingerprint density at radius 3 is 2.68 bits per heavy atom. The van der Waals surface area contributed by atoms with Gasteiger partial charge in [-0.15, -0.1) is 0 Å². The number of rotatable bonds is 2. The van der Waals surface area contributed by atoms with E-state index in [9.17, 15) is 14.4 Å². The first-order chi connectivity index (χ1) is 13.4. The van der Waals surface area contributed by atoms with Crippen molar-refractivity contribution in [3.05, 3.63) is 54.4 Å². The first-order valence-corrected chi connectivity index (χ1v) is 8.47. The normalized spacial score (nSPS) is 17.1. The fraction of sp³-hybridized carbons (Fsp3) is 0.158. The maximum Gasteiger partial charge on any atom is 0.409 e. The number of nitrogens with one attached hydrogen (secondary N) is 3. The molecule has 1 aromatic carbocycles. The Labute approximate surface area is 160 Å². The Kier molecular flexibility index (Phi) is 5.54. The van der Waals surface area contributed by atoms with E-state index in [1.807, 2.05) is 0 Å². The SMILES string of the molecule is O=C(O)Nc1ccc2c(c1)NC(=O)C/C=C/C[C@H](NC(=O)O)c1cc-2ccn1. The van der Waals surface area contributed by atoms with Gasteiger partial charge in [-0.2, -0.15) is 0 Å². The summed E-state index contributed by atoms with van der Waals surface area (Å²) in [5, 5.41) is 25.5. The molecule has 9 heteroatoms. The second kappa shape index (κ2) is 8.21. The molecular weight excluding hydrogens is 364 g/mol. The summed E-state index contributed by atoms with van der Waals surface area (Å²) in [6.45, 7) is 0. The van der Waals surface area contributed by atoms with Gasteiger partial charge in [0, 0.05) is 23.9 Å². The maximum absolute atomic E-state index is 12.3. The van der Waals surface area contributed by atoms with Crippen molar-refractivity contribution in [3.63, 3.8) is 0 Å². The van der Waals surface area contributed by atoms with Gasteiger partial charge >= 0.3 is 12.2 Å². The monoisotopic (exact) mass is 382 g/mol. The van der Waals surface area contributed by atoms with E-state index < -0.39 is 18.2 Å². The number of hydrogen-bond acceptors (Lipinski definition) is 4. The minimum atomic E-state index is -1.21. The molecule has 1 aliphatic rings. The Morgan fingerprint density at radius 2 is 1.93 bits per heavy atom. The Bertz CT molecular complexity index is 957. The summed E-state index contributed by atoms with van der Waals surface area (Å²) >= 11 is 0. The van der Waals surface area contributed by atoms with Crippen LogP contribution in [0, 0.1) is 0 Å². The number of amides is 3. The van der Waals surface area contributed by atoms with Gasteiger partial charge in [0.05, 0.1) is 17.4 Å². The van der Waals surface area contributed by atoms with Gasteiger partial charge in [-0.3, -0.25) is 15.1 Å². The smallest absolute Gasteiger partial charge is 0.409 e. The number of carboxylic acid groups (broad SMARTS) is 2. The van der Waals surface area contributed by atoms with E-state index in [-0.39, 0.29) is 12.3 Å². The summed E-state index contributed by atoms with van der Waals surface area (Å²) in [5.74, 6) is -0.275. The summed E-state index contributed by atoms with van der Waals surface area (Å²) in [7, 11) is 0. The third-order valence-corrected chi connectivity index (χ3v) is 4.13. The van der Waals surface area contributed by atoms with Gasteiger partial charge in [0.25, 0.3) is 0 Å². The molecule has 0 saturated heterocycles. The van der Waals surface area contributed by atoms with Gasteiger partial charge in [-0.05, 0) is 36.2 Å². The molecular formula is C19H18N4O5. The van der Waals surface area contributed by atoms with Crippen LogP contribution in [0.4, 0.5) is 21.0 Å². The van der Waals surface area contributed by atoms with Crippen LogP contribution in [-0.4, -0.2) is 33.3 Å². The second-order valence-corrected chi connectivity index (χ2v) is 6.12. The molecule has 3 rings (SSSR count). The largest absolute Gasteiger partial charge is 0.465 e. The molecule has 5 N–H and O–H groups in total. The quantitative estimate of drug-likeness (QED) is 0.504. The topological polar surface area (TPSA) is 141 Å². The van der Waals surface area contributed by atoms with Gasteiger partial charge in [0.15, 0.2) is 0 Å². The highest BCUT2D eigenvalue weighted by Crippen LogP contribution is 2.32. The molecule has 2 heterocycles. The molecule has 0 unspecified atom stereocenters. The zero-order chi connectivity index (χ0) is 20.1. The van der Waals surface area contributed by atoms with E-state index in [1.165, 1.54) is 6.07 Å².